The van der Waals surface area contributed by atoms with Gasteiger partial charge in [-0.25, -0.2) is 0 Å². The van der Waals surface area contributed by atoms with Crippen LogP contribution in [0.1, 0.15) is 132 Å². The molecule has 0 atom stereocenters. The molecule has 0 spiro atoms. The summed E-state index contributed by atoms with van der Waals surface area (Å²) in [5, 5.41) is 2.25. The molecule has 9 aromatic carbocycles. The first-order chi connectivity index (χ1) is 37.3. The van der Waals surface area contributed by atoms with E-state index < -0.39 is 0 Å². The molecule has 0 unspecified atom stereocenters. The number of nitrogens with zero attached hydrogens (tertiary/aromatic N) is 3. The van der Waals surface area contributed by atoms with Crippen molar-refractivity contribution in [3.05, 3.63) is 216 Å². The second-order valence-corrected chi connectivity index (χ2v) is 27.6. The summed E-state index contributed by atoms with van der Waals surface area (Å²) >= 11 is 0. The third kappa shape index (κ3) is 9.04. The molecule has 0 fully saturated rings. The summed E-state index contributed by atoms with van der Waals surface area (Å²) in [6, 6.07) is 71.7. The third-order valence-corrected chi connectivity index (χ3v) is 16.8. The van der Waals surface area contributed by atoms with Crippen molar-refractivity contribution in [2.45, 2.75) is 131 Å². The zero-order chi connectivity index (χ0) is 55.7. The largest absolute Gasteiger partial charge is 0.456 e. The van der Waals surface area contributed by atoms with E-state index in [1.54, 1.807) is 0 Å². The van der Waals surface area contributed by atoms with Crippen LogP contribution in [0.2, 0.25) is 0 Å². The summed E-state index contributed by atoms with van der Waals surface area (Å²) in [6.45, 7) is 34.5. The molecule has 0 radical (unpaired) electrons. The Morgan fingerprint density at radius 2 is 0.899 bits per heavy atom. The second-order valence-electron chi connectivity index (χ2n) is 27.6. The van der Waals surface area contributed by atoms with Gasteiger partial charge >= 0.3 is 6.85 Å². The topological polar surface area (TPSA) is 22.9 Å². The van der Waals surface area contributed by atoms with E-state index in [-0.39, 0.29) is 33.9 Å². The average Bonchev–Trinajstić information content (AvgIpc) is 4.02. The summed E-state index contributed by atoms with van der Waals surface area (Å²) in [7, 11) is 0. The maximum absolute atomic E-state index is 6.81. The highest BCUT2D eigenvalue weighted by atomic mass is 16.3. The summed E-state index contributed by atoms with van der Waals surface area (Å²) in [4.78, 5) is 7.77. The Kier molecular flexibility index (Phi) is 12.1. The van der Waals surface area contributed by atoms with E-state index in [4.69, 9.17) is 4.42 Å². The van der Waals surface area contributed by atoms with E-state index in [2.05, 4.69) is 307 Å². The number of hydrogen-bond acceptors (Lipinski definition) is 4. The molecule has 396 valence electrons. The smallest absolute Gasteiger partial charge is 0.333 e. The van der Waals surface area contributed by atoms with Crippen LogP contribution in [0.25, 0.3) is 44.2 Å². The Morgan fingerprint density at radius 1 is 0.380 bits per heavy atom. The van der Waals surface area contributed by atoms with Crippen LogP contribution in [-0.4, -0.2) is 6.85 Å². The number of rotatable bonds is 6. The van der Waals surface area contributed by atoms with Crippen molar-refractivity contribution in [2.24, 2.45) is 0 Å². The Hall–Kier alpha value is -7.76. The van der Waals surface area contributed by atoms with Crippen LogP contribution in [0, 0.1) is 0 Å². The molecule has 10 aromatic rings. The number of hydrogen-bond donors (Lipinski definition) is 0. The van der Waals surface area contributed by atoms with E-state index in [0.717, 1.165) is 56.1 Å². The predicted molar refractivity (Wildman–Crippen MR) is 341 cm³/mol. The van der Waals surface area contributed by atoms with Gasteiger partial charge in [-0.1, -0.05) is 207 Å². The maximum Gasteiger partial charge on any atom is 0.333 e. The van der Waals surface area contributed by atoms with Crippen LogP contribution in [0.3, 0.4) is 0 Å². The van der Waals surface area contributed by atoms with Crippen molar-refractivity contribution in [1.82, 2.24) is 0 Å². The molecule has 2 aliphatic heterocycles. The molecule has 5 heteroatoms. The van der Waals surface area contributed by atoms with Crippen LogP contribution < -0.4 is 25.5 Å². The van der Waals surface area contributed by atoms with Crippen molar-refractivity contribution in [3.63, 3.8) is 0 Å². The van der Waals surface area contributed by atoms with Gasteiger partial charge in [-0.3, -0.25) is 0 Å². The SMILES string of the molecule is CC(C)(C)c1ccc(N2B3c4ccc(N(c5ccc(C(C)(C)C)cc5)c5ccc(C(C)(C)C)cc5)cc4N(c4ccc(C(C)(C)C)cc4-c4ccccc4)c4cc(C(C)(C)C)cc(c43)-c3ccc4oc5ccccc5c4c32)cc1. The van der Waals surface area contributed by atoms with Gasteiger partial charge in [-0.05, 0) is 162 Å². The van der Waals surface area contributed by atoms with E-state index in [1.807, 2.05) is 0 Å². The first-order valence-electron chi connectivity index (χ1n) is 28.5. The Morgan fingerprint density at radius 3 is 1.48 bits per heavy atom. The molecule has 1 aromatic heterocycles. The number of para-hydroxylation sites is 1. The Balaban J connectivity index is 1.22. The summed E-state index contributed by atoms with van der Waals surface area (Å²) < 4.78 is 6.81. The average molecular weight is 1030 g/mol. The summed E-state index contributed by atoms with van der Waals surface area (Å²) in [5.74, 6) is 0. The molecule has 0 amide bonds. The van der Waals surface area contributed by atoms with Gasteiger partial charge < -0.3 is 19.0 Å². The van der Waals surface area contributed by atoms with Gasteiger partial charge in [-0.15, -0.1) is 0 Å². The number of furan rings is 1. The van der Waals surface area contributed by atoms with Gasteiger partial charge in [0.05, 0.1) is 11.1 Å². The minimum Gasteiger partial charge on any atom is -0.456 e. The van der Waals surface area contributed by atoms with Crippen molar-refractivity contribution >= 4 is 85.2 Å². The number of anilines is 8. The van der Waals surface area contributed by atoms with Gasteiger partial charge in [0.25, 0.3) is 0 Å². The first-order valence-corrected chi connectivity index (χ1v) is 28.5. The van der Waals surface area contributed by atoms with Crippen molar-refractivity contribution in [2.75, 3.05) is 14.6 Å². The first kappa shape index (κ1) is 52.0. The van der Waals surface area contributed by atoms with Crippen LogP contribution in [-0.2, 0) is 27.1 Å². The zero-order valence-electron chi connectivity index (χ0n) is 49.2. The standard InChI is InChI=1S/C74H76BN3O/c1-70(2,3)48-25-32-53(33-26-48)76(54-34-27-49(28-35-54)71(4,5)6)56-38-40-61-63(46-56)77(62-41-31-51(73(10,11)12)43-59(62)47-21-17-16-18-22-47)64-45-52(74(13,14)15)44-60-57-39-42-66-67(58-23-19-20-24-65(58)79-66)69(57)78(75(61)68(60)64)55-36-29-50(30-37-55)72(7,8)9/h16-46H,1-15H3. The van der Waals surface area contributed by atoms with Gasteiger partial charge in [-0.2, -0.15) is 0 Å². The molecule has 0 saturated carbocycles. The molecule has 4 nitrogen and oxygen atoms in total. The fourth-order valence-corrected chi connectivity index (χ4v) is 12.2. The van der Waals surface area contributed by atoms with Crippen LogP contribution in [0.4, 0.5) is 45.5 Å². The lowest BCUT2D eigenvalue weighted by molar-refractivity contribution is 0.590. The number of benzene rings is 9. The quantitative estimate of drug-likeness (QED) is 0.155. The molecule has 3 heterocycles. The van der Waals surface area contributed by atoms with E-state index in [0.29, 0.717) is 0 Å². The molecule has 2 aliphatic rings. The van der Waals surface area contributed by atoms with Gasteiger partial charge in [0, 0.05) is 56.3 Å². The highest BCUT2D eigenvalue weighted by Gasteiger charge is 2.47. The molecule has 0 bridgehead atoms. The summed E-state index contributed by atoms with van der Waals surface area (Å²) in [5.41, 5.74) is 24.4. The molecule has 0 saturated heterocycles. The predicted octanol–water partition coefficient (Wildman–Crippen LogP) is 19.9. The van der Waals surface area contributed by atoms with Crippen LogP contribution in [0.5, 0.6) is 0 Å². The molecule has 0 aliphatic carbocycles. The Labute approximate surface area is 470 Å². The highest BCUT2D eigenvalue weighted by molar-refractivity contribution is 6.94. The minimum absolute atomic E-state index is 0.00701. The van der Waals surface area contributed by atoms with Gasteiger partial charge in [0.1, 0.15) is 11.2 Å². The number of fused-ring (bicyclic) bond motifs is 8. The molecule has 12 rings (SSSR count). The molecular weight excluding hydrogens is 958 g/mol. The Bertz CT molecular complexity index is 3910. The normalized spacial score (nSPS) is 13.7. The third-order valence-electron chi connectivity index (χ3n) is 16.8. The van der Waals surface area contributed by atoms with E-state index in [9.17, 15) is 0 Å². The minimum atomic E-state index is -0.230. The molecular formula is C74H76BN3O. The van der Waals surface area contributed by atoms with Gasteiger partial charge in [0.15, 0.2) is 0 Å². The fraction of sp³-hybridized carbons (Fsp3) is 0.270. The van der Waals surface area contributed by atoms with Crippen LogP contribution in [0.15, 0.2) is 192 Å². The van der Waals surface area contributed by atoms with Crippen molar-refractivity contribution in [1.29, 1.82) is 0 Å². The van der Waals surface area contributed by atoms with Crippen molar-refractivity contribution < 1.29 is 4.42 Å². The van der Waals surface area contributed by atoms with E-state index in [1.165, 1.54) is 72.4 Å². The monoisotopic (exact) mass is 1030 g/mol. The molecule has 0 N–H and O–H groups in total. The van der Waals surface area contributed by atoms with Crippen LogP contribution >= 0.6 is 0 Å². The lowest BCUT2D eigenvalue weighted by Crippen LogP contribution is -2.61. The van der Waals surface area contributed by atoms with E-state index >= 15 is 0 Å². The van der Waals surface area contributed by atoms with Gasteiger partial charge in [0.2, 0.25) is 0 Å². The lowest BCUT2D eigenvalue weighted by Gasteiger charge is -2.47. The molecule has 79 heavy (non-hydrogen) atoms. The highest BCUT2D eigenvalue weighted by Crippen LogP contribution is 2.54. The zero-order valence-corrected chi connectivity index (χ0v) is 49.2. The lowest BCUT2D eigenvalue weighted by atomic mass is 9.43. The van der Waals surface area contributed by atoms with Crippen molar-refractivity contribution in [3.8, 4) is 22.3 Å². The maximum atomic E-state index is 6.81. The second kappa shape index (κ2) is 18.4. The fourth-order valence-electron chi connectivity index (χ4n) is 12.2. The summed E-state index contributed by atoms with van der Waals surface area (Å²) in [6.07, 6.45) is 0.